The van der Waals surface area contributed by atoms with Crippen LogP contribution >= 0.6 is 0 Å². The van der Waals surface area contributed by atoms with Crippen molar-refractivity contribution >= 4 is 13.7 Å². The number of hydrogen-bond acceptors (Lipinski definition) is 1. The van der Waals surface area contributed by atoms with Crippen LogP contribution < -0.4 is 0 Å². The Morgan fingerprint density at radius 3 is 1.08 bits per heavy atom. The van der Waals surface area contributed by atoms with Crippen LogP contribution in [0.15, 0.2) is 0 Å². The van der Waals surface area contributed by atoms with E-state index in [9.17, 15) is 9.90 Å². The van der Waals surface area contributed by atoms with Crippen LogP contribution in [0.3, 0.4) is 0 Å². The van der Waals surface area contributed by atoms with E-state index in [1.807, 2.05) is 41.5 Å². The molecule has 0 aliphatic carbocycles. The van der Waals surface area contributed by atoms with Gasteiger partial charge in [-0.25, -0.2) is 0 Å². The van der Waals surface area contributed by atoms with Crippen LogP contribution in [0.4, 0.5) is 4.79 Å². The van der Waals surface area contributed by atoms with Crippen molar-refractivity contribution in [3.8, 4) is 0 Å². The van der Waals surface area contributed by atoms with Crippen molar-refractivity contribution in [1.82, 2.24) is 0 Å². The fourth-order valence-electron chi connectivity index (χ4n) is 2.71. The van der Waals surface area contributed by atoms with Crippen LogP contribution in [0.1, 0.15) is 41.5 Å². The topological polar surface area (TPSA) is 37.0 Å². The van der Waals surface area contributed by atoms with Crippen LogP contribution in [0, 0.1) is 0 Å². The van der Waals surface area contributed by atoms with Crippen molar-refractivity contribution in [1.29, 1.82) is 0 Å². The van der Waals surface area contributed by atoms with E-state index in [-0.39, 0.29) is 16.6 Å². The van der Waals surface area contributed by atoms with Crippen molar-refractivity contribution in [2.75, 3.05) is 0 Å². The third-order valence-corrected chi connectivity index (χ3v) is 9.66. The van der Waals surface area contributed by atoms with Crippen molar-refractivity contribution < 1.29 is 9.90 Å². The summed E-state index contributed by atoms with van der Waals surface area (Å²) in [5, 5.41) is 11.3. The third kappa shape index (κ3) is 1.95. The van der Waals surface area contributed by atoms with E-state index in [0.29, 0.717) is 0 Å². The average molecular weight is 201 g/mol. The van der Waals surface area contributed by atoms with Gasteiger partial charge in [0.15, 0.2) is 8.07 Å². The van der Waals surface area contributed by atoms with E-state index >= 15 is 0 Å². The zero-order valence-corrected chi connectivity index (χ0v) is 10.5. The van der Waals surface area contributed by atoms with Gasteiger partial charge >= 0.3 is 5.59 Å². The molecule has 13 heavy (non-hydrogen) atoms. The fourth-order valence-corrected chi connectivity index (χ4v) is 8.12. The van der Waals surface area contributed by atoms with Gasteiger partial charge in [0.2, 0.25) is 0 Å². The third-order valence-electron chi connectivity index (χ3n) is 3.22. The Kier molecular flexibility index (Phi) is 4.16. The van der Waals surface area contributed by atoms with Crippen molar-refractivity contribution in [2.24, 2.45) is 0 Å². The molecule has 0 spiro atoms. The fraction of sp³-hybridized carbons (Fsp3) is 0.900. The van der Waals surface area contributed by atoms with Gasteiger partial charge in [-0.1, -0.05) is 41.5 Å². The molecule has 0 saturated carbocycles. The van der Waals surface area contributed by atoms with E-state index in [0.717, 1.165) is 0 Å². The quantitative estimate of drug-likeness (QED) is 0.637. The molecule has 0 aromatic heterocycles. The minimum Gasteiger partial charge on any atom is -0.255 e. The lowest BCUT2D eigenvalue weighted by Crippen LogP contribution is -2.51. The maximum atomic E-state index is 11.3. The van der Waals surface area contributed by atoms with E-state index in [4.69, 9.17) is 0 Å². The van der Waals surface area contributed by atoms with Gasteiger partial charge in [-0.2, -0.15) is 0 Å². The van der Waals surface area contributed by atoms with Crippen LogP contribution in [0.25, 0.3) is 0 Å². The summed E-state index contributed by atoms with van der Waals surface area (Å²) in [4.78, 5) is 11.3. The maximum absolute atomic E-state index is 11.3. The Bertz CT molecular complexity index is 164. The smallest absolute Gasteiger partial charge is 0.255 e. The summed E-state index contributed by atoms with van der Waals surface area (Å²) in [6.07, 6.45) is 0. The number of carbonyl (C=O) groups is 1. The first-order chi connectivity index (χ1) is 5.77. The molecule has 0 bridgehead atoms. The lowest BCUT2D eigenvalue weighted by atomic mass is 10.5. The first-order valence-corrected chi connectivity index (χ1v) is 7.22. The molecule has 2 nitrogen and oxygen atoms in total. The predicted molar refractivity (Wildman–Crippen MR) is 57.1 cm³/mol. The molecule has 0 amide bonds. The largest absolute Gasteiger partial charge is 0.323 e. The number of rotatable bonds is 4. The van der Waals surface area contributed by atoms with Gasteiger partial charge in [-0.05, 0) is 16.6 Å². The highest BCUT2D eigenvalue weighted by Crippen LogP contribution is 2.41. The summed E-state index contributed by atoms with van der Waals surface area (Å²) in [7, 11) is -2.30. The molecule has 0 atom stereocenters. The van der Waals surface area contributed by atoms with Crippen LogP contribution in [0.5, 0.6) is 0 Å². The minimum atomic E-state index is -2.30. The van der Waals surface area contributed by atoms with Crippen molar-refractivity contribution in [3.05, 3.63) is 0 Å². The molecule has 0 fully saturated rings. The van der Waals surface area contributed by atoms with Gasteiger partial charge in [0.25, 0.3) is 0 Å². The SMILES string of the molecule is CC(C)[Si](C([O])=O)(C(C)C)C(C)C. The molecule has 1 radical (unpaired) electrons. The highest BCUT2D eigenvalue weighted by atomic mass is 28.3. The summed E-state index contributed by atoms with van der Waals surface area (Å²) in [6, 6.07) is 0. The number of carbonyl (C=O) groups excluding carboxylic acids is 1. The molecule has 0 heterocycles. The molecule has 0 N–H and O–H groups in total. The Hall–Kier alpha value is -0.313. The molecular formula is C10H21O2Si. The molecule has 77 valence electrons. The molecule has 0 saturated heterocycles. The van der Waals surface area contributed by atoms with Gasteiger partial charge in [0, 0.05) is 0 Å². The summed E-state index contributed by atoms with van der Waals surface area (Å²) in [5.41, 5.74) is -0.0278. The second-order valence-electron chi connectivity index (χ2n) is 4.68. The van der Waals surface area contributed by atoms with E-state index in [1.165, 1.54) is 0 Å². The second kappa shape index (κ2) is 4.27. The van der Waals surface area contributed by atoms with Crippen LogP contribution in [0.2, 0.25) is 16.6 Å². The van der Waals surface area contributed by atoms with Crippen LogP contribution in [-0.2, 0) is 5.11 Å². The molecule has 0 aliphatic heterocycles. The molecule has 0 aromatic rings. The molecule has 0 aliphatic rings. The second-order valence-corrected chi connectivity index (χ2v) is 10.4. The van der Waals surface area contributed by atoms with Crippen LogP contribution in [-0.4, -0.2) is 13.7 Å². The Morgan fingerprint density at radius 1 is 0.846 bits per heavy atom. The van der Waals surface area contributed by atoms with Gasteiger partial charge < -0.3 is 0 Å². The van der Waals surface area contributed by atoms with E-state index < -0.39 is 13.7 Å². The van der Waals surface area contributed by atoms with E-state index in [2.05, 4.69) is 0 Å². The van der Waals surface area contributed by atoms with Gasteiger partial charge in [0.05, 0.1) is 0 Å². The van der Waals surface area contributed by atoms with Gasteiger partial charge in [0.1, 0.15) is 0 Å². The lowest BCUT2D eigenvalue weighted by Gasteiger charge is -2.36. The summed E-state index contributed by atoms with van der Waals surface area (Å²) >= 11 is 0. The molecule has 3 heteroatoms. The van der Waals surface area contributed by atoms with E-state index in [1.54, 1.807) is 0 Å². The standard InChI is InChI=1S/C10H21O2Si/c1-7(2)13(8(3)4,9(5)6)10(11)12/h7-9H,1-6H3. The highest BCUT2D eigenvalue weighted by molar-refractivity contribution is 7.07. The maximum Gasteiger partial charge on any atom is 0.323 e. The monoisotopic (exact) mass is 201 g/mol. The first kappa shape index (κ1) is 12.7. The summed E-state index contributed by atoms with van der Waals surface area (Å²) in [5.74, 6) is 0. The predicted octanol–water partition coefficient (Wildman–Crippen LogP) is 3.80. The van der Waals surface area contributed by atoms with Crippen molar-refractivity contribution in [2.45, 2.75) is 58.2 Å². The minimum absolute atomic E-state index is 0.248. The molecule has 0 aromatic carbocycles. The van der Waals surface area contributed by atoms with Gasteiger partial charge in [-0.15, -0.1) is 0 Å². The zero-order chi connectivity index (χ0) is 10.8. The molecule has 0 unspecified atom stereocenters. The Morgan fingerprint density at radius 2 is 1.08 bits per heavy atom. The summed E-state index contributed by atoms with van der Waals surface area (Å²) in [6.45, 7) is 12.1. The number of hydrogen-bond donors (Lipinski definition) is 0. The molecular weight excluding hydrogens is 180 g/mol. The first-order valence-electron chi connectivity index (χ1n) is 4.99. The Balaban J connectivity index is 5.19. The lowest BCUT2D eigenvalue weighted by molar-refractivity contribution is 0.192. The summed E-state index contributed by atoms with van der Waals surface area (Å²) < 4.78 is 0. The average Bonchev–Trinajstić information content (AvgIpc) is 1.82. The highest BCUT2D eigenvalue weighted by Gasteiger charge is 2.51. The normalized spacial score (nSPS) is 13.0. The Labute approximate surface area is 82.4 Å². The molecule has 0 rings (SSSR count). The van der Waals surface area contributed by atoms with Crippen molar-refractivity contribution in [3.63, 3.8) is 0 Å². The zero-order valence-electron chi connectivity index (χ0n) is 9.55. The van der Waals surface area contributed by atoms with Gasteiger partial charge in [-0.3, -0.25) is 9.90 Å².